The minimum atomic E-state index is -5.05. The average Bonchev–Trinajstić information content (AvgIpc) is 2.35. The molecule has 13 nitrogen and oxygen atoms in total. The topological polar surface area (TPSA) is 224 Å². The molecule has 0 spiro atoms. The summed E-state index contributed by atoms with van der Waals surface area (Å²) in [6.07, 6.45) is -7.92. The predicted octanol–water partition coefficient (Wildman–Crippen LogP) is -3.62. The van der Waals surface area contributed by atoms with Crippen molar-refractivity contribution in [2.24, 2.45) is 0 Å². The Balaban J connectivity index is 2.85. The lowest BCUT2D eigenvalue weighted by atomic mass is 9.93. The quantitative estimate of drug-likeness (QED) is 0.212. The molecular weight excluding hydrogens is 354 g/mol. The number of phosphoric acid groups is 2. The van der Waals surface area contributed by atoms with Gasteiger partial charge in [0.2, 0.25) is 5.79 Å². The van der Waals surface area contributed by atoms with Crippen LogP contribution in [-0.4, -0.2) is 83.4 Å². The second-order valence-corrected chi connectivity index (χ2v) is 6.96. The number of phosphoric ester groups is 2. The fraction of sp³-hybridized carbons (Fsp3) is 1.00. The normalized spacial score (nSPS) is 37.3. The molecule has 0 aliphatic carbocycles. The zero-order valence-corrected chi connectivity index (χ0v) is 12.5. The highest BCUT2D eigenvalue weighted by molar-refractivity contribution is 7.46. The summed E-state index contributed by atoms with van der Waals surface area (Å²) in [7, 11) is -10.00. The van der Waals surface area contributed by atoms with Crippen molar-refractivity contribution in [2.45, 2.75) is 30.2 Å². The molecule has 0 aromatic heterocycles. The van der Waals surface area contributed by atoms with Crippen LogP contribution >= 0.6 is 15.6 Å². The monoisotopic (exact) mass is 370 g/mol. The van der Waals surface area contributed by atoms with Crippen LogP contribution in [0.3, 0.4) is 0 Å². The smallest absolute Gasteiger partial charge is 0.387 e. The molecule has 1 rings (SSSR count). The molecule has 0 radical (unpaired) electrons. The molecular formula is C7H16O13P2. The summed E-state index contributed by atoms with van der Waals surface area (Å²) in [5.74, 6) is -2.86. The van der Waals surface area contributed by atoms with Crippen molar-refractivity contribution in [1.82, 2.24) is 0 Å². The Morgan fingerprint density at radius 3 is 1.91 bits per heavy atom. The van der Waals surface area contributed by atoms with E-state index in [1.807, 2.05) is 0 Å². The molecule has 1 saturated heterocycles. The third-order valence-corrected chi connectivity index (χ3v) is 3.67. The number of aliphatic hydroxyl groups is 4. The minimum absolute atomic E-state index is 0.993. The van der Waals surface area contributed by atoms with E-state index in [9.17, 15) is 29.6 Å². The maximum Gasteiger partial charge on any atom is 0.469 e. The molecule has 0 saturated carbocycles. The van der Waals surface area contributed by atoms with E-state index < -0.39 is 59.1 Å². The lowest BCUT2D eigenvalue weighted by Gasteiger charge is -2.45. The molecule has 1 aliphatic rings. The van der Waals surface area contributed by atoms with Crippen molar-refractivity contribution in [3.05, 3.63) is 0 Å². The Labute approximate surface area is 123 Å². The van der Waals surface area contributed by atoms with Gasteiger partial charge in [-0.05, 0) is 0 Å². The van der Waals surface area contributed by atoms with Crippen LogP contribution in [0.4, 0.5) is 0 Å². The second kappa shape index (κ2) is 6.87. The van der Waals surface area contributed by atoms with Crippen molar-refractivity contribution in [3.8, 4) is 0 Å². The van der Waals surface area contributed by atoms with Gasteiger partial charge in [0.15, 0.2) is 0 Å². The summed E-state index contributed by atoms with van der Waals surface area (Å²) < 4.78 is 33.9. The fourth-order valence-electron chi connectivity index (χ4n) is 1.67. The maximum absolute atomic E-state index is 10.6. The molecule has 1 fully saturated rings. The number of ether oxygens (including phenoxy) is 1. The highest BCUT2D eigenvalue weighted by atomic mass is 31.2. The van der Waals surface area contributed by atoms with Gasteiger partial charge in [-0.15, -0.1) is 0 Å². The molecule has 8 N–H and O–H groups in total. The zero-order valence-electron chi connectivity index (χ0n) is 10.7. The van der Waals surface area contributed by atoms with E-state index in [1.54, 1.807) is 0 Å². The Bertz CT molecular complexity index is 471. The average molecular weight is 370 g/mol. The summed E-state index contributed by atoms with van der Waals surface area (Å²) in [5.41, 5.74) is 0. The van der Waals surface area contributed by atoms with Gasteiger partial charge in [-0.1, -0.05) is 0 Å². The Kier molecular flexibility index (Phi) is 6.27. The van der Waals surface area contributed by atoms with Gasteiger partial charge in [0.25, 0.3) is 0 Å². The van der Waals surface area contributed by atoms with Crippen LogP contribution < -0.4 is 0 Å². The second-order valence-electron chi connectivity index (χ2n) is 4.48. The van der Waals surface area contributed by atoms with E-state index >= 15 is 0 Å². The highest BCUT2D eigenvalue weighted by Crippen LogP contribution is 2.40. The Morgan fingerprint density at radius 2 is 1.45 bits per heavy atom. The number of hydrogen-bond donors (Lipinski definition) is 8. The molecule has 0 aromatic carbocycles. The van der Waals surface area contributed by atoms with Crippen LogP contribution in [0.1, 0.15) is 0 Å². The van der Waals surface area contributed by atoms with E-state index in [1.165, 1.54) is 0 Å². The molecule has 0 bridgehead atoms. The van der Waals surface area contributed by atoms with Crippen molar-refractivity contribution >= 4 is 15.6 Å². The standard InChI is InChI=1S/C7H16O13P2/c8-4-3(1-18-21(12,13)14)20-7(11,6(10)5(4)9)2-19-22(15,16)17/h3-6,8-11H,1-2H2,(H2,12,13,14)(H2,15,16,17)/t3-,4-,5-,6+,7-/m1/s1. The van der Waals surface area contributed by atoms with E-state index in [0.717, 1.165) is 0 Å². The van der Waals surface area contributed by atoms with Crippen LogP contribution in [-0.2, 0) is 22.9 Å². The molecule has 132 valence electrons. The van der Waals surface area contributed by atoms with E-state index in [0.29, 0.717) is 0 Å². The fourth-order valence-corrected chi connectivity index (χ4v) is 2.37. The molecule has 0 aromatic rings. The minimum Gasteiger partial charge on any atom is -0.387 e. The van der Waals surface area contributed by atoms with Gasteiger partial charge in [0.05, 0.1) is 6.61 Å². The molecule has 5 atom stereocenters. The van der Waals surface area contributed by atoms with Gasteiger partial charge in [-0.25, -0.2) is 9.13 Å². The van der Waals surface area contributed by atoms with Crippen LogP contribution in [0.15, 0.2) is 0 Å². The molecule has 0 unspecified atom stereocenters. The third-order valence-electron chi connectivity index (χ3n) is 2.72. The van der Waals surface area contributed by atoms with Gasteiger partial charge in [0, 0.05) is 0 Å². The van der Waals surface area contributed by atoms with Gasteiger partial charge in [0.1, 0.15) is 31.0 Å². The molecule has 0 amide bonds. The molecule has 22 heavy (non-hydrogen) atoms. The van der Waals surface area contributed by atoms with Crippen molar-refractivity contribution in [3.63, 3.8) is 0 Å². The first-order chi connectivity index (χ1) is 9.75. The first kappa shape index (κ1) is 20.1. The molecule has 1 aliphatic heterocycles. The van der Waals surface area contributed by atoms with Crippen LogP contribution in [0.2, 0.25) is 0 Å². The molecule has 1 heterocycles. The van der Waals surface area contributed by atoms with Gasteiger partial charge < -0.3 is 44.7 Å². The van der Waals surface area contributed by atoms with E-state index in [2.05, 4.69) is 9.05 Å². The summed E-state index contributed by atoms with van der Waals surface area (Å²) >= 11 is 0. The van der Waals surface area contributed by atoms with Crippen molar-refractivity contribution < 1.29 is 62.9 Å². The van der Waals surface area contributed by atoms with Gasteiger partial charge >= 0.3 is 15.6 Å². The Morgan fingerprint density at radius 1 is 0.955 bits per heavy atom. The van der Waals surface area contributed by atoms with Crippen LogP contribution in [0.5, 0.6) is 0 Å². The predicted molar refractivity (Wildman–Crippen MR) is 63.8 cm³/mol. The lowest BCUT2D eigenvalue weighted by Crippen LogP contribution is -2.66. The summed E-state index contributed by atoms with van der Waals surface area (Å²) in [4.78, 5) is 34.2. The first-order valence-corrected chi connectivity index (χ1v) is 8.66. The van der Waals surface area contributed by atoms with Crippen LogP contribution in [0.25, 0.3) is 0 Å². The van der Waals surface area contributed by atoms with Gasteiger partial charge in [-0.2, -0.15) is 0 Å². The van der Waals surface area contributed by atoms with E-state index in [4.69, 9.17) is 24.3 Å². The largest absolute Gasteiger partial charge is 0.469 e. The molecule has 15 heteroatoms. The van der Waals surface area contributed by atoms with E-state index in [-0.39, 0.29) is 0 Å². The van der Waals surface area contributed by atoms with Crippen LogP contribution in [0, 0.1) is 0 Å². The summed E-state index contributed by atoms with van der Waals surface area (Å²) in [5, 5.41) is 38.7. The highest BCUT2D eigenvalue weighted by Gasteiger charge is 2.54. The van der Waals surface area contributed by atoms with Gasteiger partial charge in [-0.3, -0.25) is 9.05 Å². The zero-order chi connectivity index (χ0) is 17.3. The number of hydrogen-bond acceptors (Lipinski definition) is 9. The van der Waals surface area contributed by atoms with Crippen molar-refractivity contribution in [1.29, 1.82) is 0 Å². The number of aliphatic hydroxyl groups excluding tert-OH is 3. The maximum atomic E-state index is 10.6. The summed E-state index contributed by atoms with van der Waals surface area (Å²) in [6.45, 7) is -2.29. The SMILES string of the molecule is O=P(O)(O)OC[C@H]1O[C@](O)(COP(=O)(O)O)[C@@H](O)[C@H](O)[C@@H]1O. The first-order valence-electron chi connectivity index (χ1n) is 5.60. The summed E-state index contributed by atoms with van der Waals surface area (Å²) in [6, 6.07) is 0. The Hall–Kier alpha value is 0.0200. The number of rotatable bonds is 6. The van der Waals surface area contributed by atoms with Crippen molar-refractivity contribution in [2.75, 3.05) is 13.2 Å². The third kappa shape index (κ3) is 5.58. The lowest BCUT2D eigenvalue weighted by molar-refractivity contribution is -0.355.